The zero-order valence-electron chi connectivity index (χ0n) is 11.9. The van der Waals surface area contributed by atoms with Crippen molar-refractivity contribution in [2.45, 2.75) is 32.4 Å². The van der Waals surface area contributed by atoms with Gasteiger partial charge in [0.05, 0.1) is 0 Å². The van der Waals surface area contributed by atoms with E-state index in [1.54, 1.807) is 23.5 Å². The Bertz CT molecular complexity index is 531. The van der Waals surface area contributed by atoms with E-state index < -0.39 is 6.61 Å². The van der Waals surface area contributed by atoms with Gasteiger partial charge in [0.2, 0.25) is 0 Å². The summed E-state index contributed by atoms with van der Waals surface area (Å²) in [5.41, 5.74) is 0.777. The molecule has 21 heavy (non-hydrogen) atoms. The fourth-order valence-electron chi connectivity index (χ4n) is 2.21. The predicted octanol–water partition coefficient (Wildman–Crippen LogP) is 4.63. The second kappa shape index (κ2) is 8.10. The summed E-state index contributed by atoms with van der Waals surface area (Å²) in [4.78, 5) is 1.22. The fraction of sp³-hybridized carbons (Fsp3) is 0.375. The average Bonchev–Trinajstić information content (AvgIpc) is 2.96. The summed E-state index contributed by atoms with van der Waals surface area (Å²) in [5.74, 6) is 0.248. The van der Waals surface area contributed by atoms with E-state index in [0.29, 0.717) is 0 Å². The number of ether oxygens (including phenoxy) is 1. The Hall–Kier alpha value is -1.46. The Morgan fingerprint density at radius 3 is 2.67 bits per heavy atom. The zero-order chi connectivity index (χ0) is 15.1. The molecule has 2 aromatic rings. The number of thiophene rings is 1. The van der Waals surface area contributed by atoms with Crippen molar-refractivity contribution in [2.24, 2.45) is 0 Å². The molecule has 0 spiro atoms. The minimum absolute atomic E-state index is 0.0291. The number of nitrogens with one attached hydrogen (secondary N) is 1. The van der Waals surface area contributed by atoms with Crippen molar-refractivity contribution in [3.05, 3.63) is 52.2 Å². The van der Waals surface area contributed by atoms with Crippen LogP contribution in [0.5, 0.6) is 5.75 Å². The van der Waals surface area contributed by atoms with Crippen molar-refractivity contribution < 1.29 is 13.5 Å². The molecule has 2 nitrogen and oxygen atoms in total. The number of rotatable bonds is 8. The topological polar surface area (TPSA) is 21.3 Å². The number of hydrogen-bond acceptors (Lipinski definition) is 3. The lowest BCUT2D eigenvalue weighted by molar-refractivity contribution is -0.0507. The molecule has 0 amide bonds. The van der Waals surface area contributed by atoms with Crippen molar-refractivity contribution in [3.63, 3.8) is 0 Å². The molecule has 0 saturated heterocycles. The first-order valence-corrected chi connectivity index (χ1v) is 7.88. The maximum Gasteiger partial charge on any atom is 0.387 e. The normalized spacial score (nSPS) is 12.6. The highest BCUT2D eigenvalue weighted by Crippen LogP contribution is 2.29. The number of halogens is 2. The molecule has 1 unspecified atom stereocenters. The summed E-state index contributed by atoms with van der Waals surface area (Å²) in [5, 5.41) is 5.44. The van der Waals surface area contributed by atoms with Crippen molar-refractivity contribution in [3.8, 4) is 5.75 Å². The highest BCUT2D eigenvalue weighted by Gasteiger charge is 2.18. The number of benzene rings is 1. The van der Waals surface area contributed by atoms with Crippen LogP contribution in [0, 0.1) is 0 Å². The van der Waals surface area contributed by atoms with Crippen molar-refractivity contribution in [1.29, 1.82) is 0 Å². The van der Waals surface area contributed by atoms with Crippen LogP contribution >= 0.6 is 11.3 Å². The average molecular weight is 311 g/mol. The first-order chi connectivity index (χ1) is 10.2. The summed E-state index contributed by atoms with van der Waals surface area (Å²) < 4.78 is 29.8. The van der Waals surface area contributed by atoms with Crippen LogP contribution in [0.25, 0.3) is 0 Å². The molecule has 1 atom stereocenters. The van der Waals surface area contributed by atoms with Crippen LogP contribution in [0.15, 0.2) is 41.8 Å². The molecule has 1 heterocycles. The minimum atomic E-state index is -2.81. The third-order valence-corrected chi connectivity index (χ3v) is 4.04. The van der Waals surface area contributed by atoms with Gasteiger partial charge >= 0.3 is 6.61 Å². The van der Waals surface area contributed by atoms with Gasteiger partial charge in [-0.3, -0.25) is 0 Å². The molecule has 0 bridgehead atoms. The van der Waals surface area contributed by atoms with E-state index in [-0.39, 0.29) is 11.8 Å². The van der Waals surface area contributed by atoms with E-state index in [4.69, 9.17) is 0 Å². The molecule has 0 saturated carbocycles. The molecular weight excluding hydrogens is 292 g/mol. The second-order valence-electron chi connectivity index (χ2n) is 4.71. The monoisotopic (exact) mass is 311 g/mol. The van der Waals surface area contributed by atoms with E-state index in [2.05, 4.69) is 23.0 Å². The van der Waals surface area contributed by atoms with Gasteiger partial charge in [-0.05, 0) is 30.5 Å². The van der Waals surface area contributed by atoms with Gasteiger partial charge in [-0.25, -0.2) is 0 Å². The Labute approximate surface area is 127 Å². The molecule has 1 aromatic heterocycles. The lowest BCUT2D eigenvalue weighted by Crippen LogP contribution is -2.24. The Morgan fingerprint density at radius 2 is 2.00 bits per heavy atom. The lowest BCUT2D eigenvalue weighted by Gasteiger charge is -2.21. The van der Waals surface area contributed by atoms with Gasteiger partial charge in [-0.15, -0.1) is 11.3 Å². The zero-order valence-corrected chi connectivity index (χ0v) is 12.7. The summed E-state index contributed by atoms with van der Waals surface area (Å²) in [6, 6.07) is 11.0. The Kier molecular flexibility index (Phi) is 6.14. The quantitative estimate of drug-likeness (QED) is 0.767. The molecule has 1 aromatic carbocycles. The van der Waals surface area contributed by atoms with Gasteiger partial charge in [0.15, 0.2) is 0 Å². The highest BCUT2D eigenvalue weighted by molar-refractivity contribution is 7.09. The summed E-state index contributed by atoms with van der Waals surface area (Å²) in [6.45, 7) is 0.107. The first-order valence-electron chi connectivity index (χ1n) is 7.00. The van der Waals surface area contributed by atoms with Crippen LogP contribution in [0.1, 0.15) is 29.8 Å². The molecule has 1 N–H and O–H groups in total. The van der Waals surface area contributed by atoms with Crippen LogP contribution in [-0.2, 0) is 6.42 Å². The van der Waals surface area contributed by atoms with Gasteiger partial charge in [0.25, 0.3) is 0 Å². The molecule has 5 heteroatoms. The molecule has 114 valence electrons. The molecule has 0 radical (unpaired) electrons. The van der Waals surface area contributed by atoms with Crippen molar-refractivity contribution in [1.82, 2.24) is 5.32 Å². The van der Waals surface area contributed by atoms with E-state index >= 15 is 0 Å². The molecule has 0 fully saturated rings. The summed E-state index contributed by atoms with van der Waals surface area (Å²) in [7, 11) is 0. The molecule has 0 aliphatic carbocycles. The SMILES string of the molecule is CCCNC(Cc1cccs1)c1ccccc1OC(F)F. The van der Waals surface area contributed by atoms with E-state index in [0.717, 1.165) is 24.9 Å². The van der Waals surface area contributed by atoms with Crippen LogP contribution in [0.2, 0.25) is 0 Å². The number of para-hydroxylation sites is 1. The maximum absolute atomic E-state index is 12.6. The van der Waals surface area contributed by atoms with Crippen LogP contribution < -0.4 is 10.1 Å². The third-order valence-electron chi connectivity index (χ3n) is 3.14. The van der Waals surface area contributed by atoms with Crippen molar-refractivity contribution >= 4 is 11.3 Å². The highest BCUT2D eigenvalue weighted by atomic mass is 32.1. The standard InChI is InChI=1S/C16H19F2NOS/c1-2-9-19-14(11-12-6-5-10-21-12)13-7-3-4-8-15(13)20-16(17)18/h3-8,10,14,16,19H,2,9,11H2,1H3. The number of alkyl halides is 2. The van der Waals surface area contributed by atoms with Gasteiger partial charge in [-0.1, -0.05) is 31.2 Å². The van der Waals surface area contributed by atoms with Crippen LogP contribution in [0.3, 0.4) is 0 Å². The van der Waals surface area contributed by atoms with Crippen molar-refractivity contribution in [2.75, 3.05) is 6.54 Å². The van der Waals surface area contributed by atoms with Gasteiger partial charge in [0.1, 0.15) is 5.75 Å². The van der Waals surface area contributed by atoms with E-state index in [1.165, 1.54) is 4.88 Å². The van der Waals surface area contributed by atoms with E-state index in [9.17, 15) is 8.78 Å². The predicted molar refractivity (Wildman–Crippen MR) is 82.1 cm³/mol. The van der Waals surface area contributed by atoms with Gasteiger partial charge in [0, 0.05) is 22.9 Å². The maximum atomic E-state index is 12.6. The largest absolute Gasteiger partial charge is 0.434 e. The summed E-state index contributed by atoms with van der Waals surface area (Å²) >= 11 is 1.67. The van der Waals surface area contributed by atoms with Gasteiger partial charge in [-0.2, -0.15) is 8.78 Å². The van der Waals surface area contributed by atoms with Crippen LogP contribution in [0.4, 0.5) is 8.78 Å². The summed E-state index contributed by atoms with van der Waals surface area (Å²) in [6.07, 6.45) is 1.75. The smallest absolute Gasteiger partial charge is 0.387 e. The molecule has 2 rings (SSSR count). The van der Waals surface area contributed by atoms with E-state index in [1.807, 2.05) is 23.6 Å². The first kappa shape index (κ1) is 15.9. The minimum Gasteiger partial charge on any atom is -0.434 e. The second-order valence-corrected chi connectivity index (χ2v) is 5.74. The third kappa shape index (κ3) is 4.79. The lowest BCUT2D eigenvalue weighted by atomic mass is 10.0. The Balaban J connectivity index is 2.22. The fourth-order valence-corrected chi connectivity index (χ4v) is 2.96. The van der Waals surface area contributed by atoms with Gasteiger partial charge < -0.3 is 10.1 Å². The molecular formula is C16H19F2NOS. The molecule has 0 aliphatic rings. The Morgan fingerprint density at radius 1 is 1.19 bits per heavy atom. The number of hydrogen-bond donors (Lipinski definition) is 1. The molecule has 0 aliphatic heterocycles. The van der Waals surface area contributed by atoms with Crippen LogP contribution in [-0.4, -0.2) is 13.2 Å².